The van der Waals surface area contributed by atoms with E-state index in [0.717, 1.165) is 23.0 Å². The molecule has 32 heavy (non-hydrogen) atoms. The maximum absolute atomic E-state index is 13.9. The van der Waals surface area contributed by atoms with Gasteiger partial charge >= 0.3 is 5.97 Å². The van der Waals surface area contributed by atoms with E-state index in [1.165, 1.54) is 12.1 Å². The molecule has 0 radical (unpaired) electrons. The summed E-state index contributed by atoms with van der Waals surface area (Å²) < 4.78 is 19.7. The standard InChI is InChI=1S/C24H16ClFN2O4/c25-20-9-10-21(18-4-2-1-3-17(18)20)32-23-19(11-16(26)13-28-23)22(29)27-12-14-5-7-15(8-6-14)24(30)31/h1-11,13H,12H2,(H,27,29)(H,30,31). The summed E-state index contributed by atoms with van der Waals surface area (Å²) in [5.41, 5.74) is 0.741. The van der Waals surface area contributed by atoms with Crippen LogP contribution in [-0.2, 0) is 6.54 Å². The Balaban J connectivity index is 1.58. The highest BCUT2D eigenvalue weighted by atomic mass is 35.5. The SMILES string of the molecule is O=C(O)c1ccc(CNC(=O)c2cc(F)cnc2Oc2ccc(Cl)c3ccccc23)cc1. The van der Waals surface area contributed by atoms with Crippen LogP contribution in [0.25, 0.3) is 10.8 Å². The zero-order chi connectivity index (χ0) is 22.7. The lowest BCUT2D eigenvalue weighted by molar-refractivity contribution is 0.0696. The van der Waals surface area contributed by atoms with Crippen molar-refractivity contribution in [3.63, 3.8) is 0 Å². The molecule has 1 aromatic heterocycles. The Kier molecular flexibility index (Phi) is 6.00. The number of carboxylic acids is 1. The molecule has 0 unspecified atom stereocenters. The Bertz CT molecular complexity index is 1330. The van der Waals surface area contributed by atoms with Crippen molar-refractivity contribution < 1.29 is 23.8 Å². The fraction of sp³-hybridized carbons (Fsp3) is 0.0417. The summed E-state index contributed by atoms with van der Waals surface area (Å²) in [6, 6.07) is 17.8. The lowest BCUT2D eigenvalue weighted by atomic mass is 10.1. The minimum Gasteiger partial charge on any atom is -0.478 e. The quantitative estimate of drug-likeness (QED) is 0.408. The molecule has 1 amide bonds. The molecule has 1 heterocycles. The number of halogens is 2. The largest absolute Gasteiger partial charge is 0.478 e. The van der Waals surface area contributed by atoms with Gasteiger partial charge in [0, 0.05) is 22.3 Å². The van der Waals surface area contributed by atoms with Crippen LogP contribution in [0.1, 0.15) is 26.3 Å². The first kappa shape index (κ1) is 21.3. The predicted molar refractivity (Wildman–Crippen MR) is 118 cm³/mol. The van der Waals surface area contributed by atoms with E-state index in [0.29, 0.717) is 16.3 Å². The molecule has 0 aliphatic rings. The lowest BCUT2D eigenvalue weighted by Crippen LogP contribution is -2.23. The van der Waals surface area contributed by atoms with Crippen LogP contribution in [0.3, 0.4) is 0 Å². The van der Waals surface area contributed by atoms with E-state index in [1.807, 2.05) is 24.3 Å². The molecule has 0 bridgehead atoms. The summed E-state index contributed by atoms with van der Waals surface area (Å²) in [4.78, 5) is 27.7. The normalized spacial score (nSPS) is 10.7. The number of hydrogen-bond donors (Lipinski definition) is 2. The molecule has 0 aliphatic carbocycles. The first-order chi connectivity index (χ1) is 15.4. The molecule has 0 atom stereocenters. The lowest BCUT2D eigenvalue weighted by Gasteiger charge is -2.13. The predicted octanol–water partition coefficient (Wildman–Crippen LogP) is 5.45. The van der Waals surface area contributed by atoms with Gasteiger partial charge in [-0.1, -0.05) is 48.0 Å². The van der Waals surface area contributed by atoms with Gasteiger partial charge in [-0.2, -0.15) is 0 Å². The first-order valence-electron chi connectivity index (χ1n) is 9.53. The van der Waals surface area contributed by atoms with Crippen LogP contribution in [-0.4, -0.2) is 22.0 Å². The number of nitrogens with zero attached hydrogens (tertiary/aromatic N) is 1. The van der Waals surface area contributed by atoms with E-state index in [2.05, 4.69) is 10.3 Å². The number of fused-ring (bicyclic) bond motifs is 1. The molecule has 3 aromatic carbocycles. The third-order valence-corrected chi connectivity index (χ3v) is 5.08. The number of amides is 1. The Morgan fingerprint density at radius 2 is 1.75 bits per heavy atom. The summed E-state index contributed by atoms with van der Waals surface area (Å²) in [5.74, 6) is -1.95. The molecule has 4 rings (SSSR count). The molecule has 8 heteroatoms. The van der Waals surface area contributed by atoms with Crippen molar-refractivity contribution in [2.24, 2.45) is 0 Å². The second kappa shape index (κ2) is 9.03. The Morgan fingerprint density at radius 1 is 1.03 bits per heavy atom. The average Bonchev–Trinajstić information content (AvgIpc) is 2.80. The number of benzene rings is 3. The van der Waals surface area contributed by atoms with Gasteiger partial charge in [0.15, 0.2) is 0 Å². The molecule has 0 aliphatic heterocycles. The second-order valence-corrected chi connectivity index (χ2v) is 7.29. The van der Waals surface area contributed by atoms with Crippen molar-refractivity contribution >= 4 is 34.2 Å². The monoisotopic (exact) mass is 450 g/mol. The number of rotatable bonds is 6. The van der Waals surface area contributed by atoms with E-state index in [1.54, 1.807) is 24.3 Å². The fourth-order valence-electron chi connectivity index (χ4n) is 3.14. The van der Waals surface area contributed by atoms with Crippen LogP contribution in [0.5, 0.6) is 11.6 Å². The van der Waals surface area contributed by atoms with Gasteiger partial charge in [0.05, 0.1) is 11.8 Å². The van der Waals surface area contributed by atoms with Gasteiger partial charge in [0.1, 0.15) is 17.1 Å². The fourth-order valence-corrected chi connectivity index (χ4v) is 3.37. The van der Waals surface area contributed by atoms with Crippen LogP contribution >= 0.6 is 11.6 Å². The summed E-state index contributed by atoms with van der Waals surface area (Å²) in [7, 11) is 0. The number of pyridine rings is 1. The number of hydrogen-bond acceptors (Lipinski definition) is 4. The highest BCUT2D eigenvalue weighted by Gasteiger charge is 2.17. The topological polar surface area (TPSA) is 88.5 Å². The average molecular weight is 451 g/mol. The number of aromatic nitrogens is 1. The second-order valence-electron chi connectivity index (χ2n) is 6.88. The van der Waals surface area contributed by atoms with Gasteiger partial charge in [0.2, 0.25) is 5.88 Å². The minimum absolute atomic E-state index is 0.0578. The molecular weight excluding hydrogens is 435 g/mol. The van der Waals surface area contributed by atoms with Gasteiger partial charge < -0.3 is 15.2 Å². The van der Waals surface area contributed by atoms with E-state index in [9.17, 15) is 14.0 Å². The Hall–Kier alpha value is -3.97. The van der Waals surface area contributed by atoms with Gasteiger partial charge in [-0.3, -0.25) is 4.79 Å². The molecule has 0 saturated heterocycles. The molecule has 0 spiro atoms. The van der Waals surface area contributed by atoms with Crippen molar-refractivity contribution in [3.05, 3.63) is 100 Å². The zero-order valence-electron chi connectivity index (χ0n) is 16.5. The maximum atomic E-state index is 13.9. The third-order valence-electron chi connectivity index (χ3n) is 4.75. The number of carbonyl (C=O) groups excluding carboxylic acids is 1. The number of carboxylic acid groups (broad SMARTS) is 1. The van der Waals surface area contributed by atoms with Crippen LogP contribution in [0, 0.1) is 5.82 Å². The van der Waals surface area contributed by atoms with Gasteiger partial charge in [-0.05, 0) is 35.9 Å². The maximum Gasteiger partial charge on any atom is 0.335 e. The summed E-state index contributed by atoms with van der Waals surface area (Å²) in [5, 5.41) is 13.7. The number of ether oxygens (including phenoxy) is 1. The minimum atomic E-state index is -1.04. The zero-order valence-corrected chi connectivity index (χ0v) is 17.3. The molecule has 0 fully saturated rings. The molecular formula is C24H16ClFN2O4. The Morgan fingerprint density at radius 3 is 2.47 bits per heavy atom. The van der Waals surface area contributed by atoms with Crippen LogP contribution < -0.4 is 10.1 Å². The molecule has 4 aromatic rings. The first-order valence-corrected chi connectivity index (χ1v) is 9.91. The van der Waals surface area contributed by atoms with Crippen molar-refractivity contribution in [2.75, 3.05) is 0 Å². The van der Waals surface area contributed by atoms with E-state index < -0.39 is 17.7 Å². The van der Waals surface area contributed by atoms with Crippen molar-refractivity contribution in [3.8, 4) is 11.6 Å². The number of carbonyl (C=O) groups is 2. The van der Waals surface area contributed by atoms with Gasteiger partial charge in [0.25, 0.3) is 5.91 Å². The summed E-state index contributed by atoms with van der Waals surface area (Å²) in [6.07, 6.45) is 0.967. The summed E-state index contributed by atoms with van der Waals surface area (Å²) >= 11 is 6.24. The van der Waals surface area contributed by atoms with Crippen molar-refractivity contribution in [1.82, 2.24) is 10.3 Å². The van der Waals surface area contributed by atoms with Crippen LogP contribution in [0.15, 0.2) is 72.9 Å². The molecule has 160 valence electrons. The highest BCUT2D eigenvalue weighted by molar-refractivity contribution is 6.35. The van der Waals surface area contributed by atoms with Crippen molar-refractivity contribution in [2.45, 2.75) is 6.54 Å². The Labute approximate surface area is 187 Å². The number of aromatic carboxylic acids is 1. The molecule has 6 nitrogen and oxygen atoms in total. The number of nitrogens with one attached hydrogen (secondary N) is 1. The van der Waals surface area contributed by atoms with Crippen LogP contribution in [0.2, 0.25) is 5.02 Å². The molecule has 0 saturated carbocycles. The van der Waals surface area contributed by atoms with E-state index >= 15 is 0 Å². The molecule has 2 N–H and O–H groups in total. The van der Waals surface area contributed by atoms with E-state index in [4.69, 9.17) is 21.4 Å². The van der Waals surface area contributed by atoms with Gasteiger partial charge in [-0.25, -0.2) is 14.2 Å². The third kappa shape index (κ3) is 4.53. The smallest absolute Gasteiger partial charge is 0.335 e. The highest BCUT2D eigenvalue weighted by Crippen LogP contribution is 2.34. The van der Waals surface area contributed by atoms with E-state index in [-0.39, 0.29) is 23.6 Å². The summed E-state index contributed by atoms with van der Waals surface area (Å²) in [6.45, 7) is 0.110. The van der Waals surface area contributed by atoms with Gasteiger partial charge in [-0.15, -0.1) is 0 Å². The van der Waals surface area contributed by atoms with Crippen LogP contribution in [0.4, 0.5) is 4.39 Å². The van der Waals surface area contributed by atoms with Crippen molar-refractivity contribution in [1.29, 1.82) is 0 Å².